The summed E-state index contributed by atoms with van der Waals surface area (Å²) in [5, 5.41) is 0. The van der Waals surface area contributed by atoms with E-state index < -0.39 is 0 Å². The van der Waals surface area contributed by atoms with Gasteiger partial charge in [0.05, 0.1) is 54.9 Å². The molecule has 328 valence electrons. The summed E-state index contributed by atoms with van der Waals surface area (Å²) in [7, 11) is 10.1. The summed E-state index contributed by atoms with van der Waals surface area (Å²) in [6.45, 7) is 8.13. The predicted octanol–water partition coefficient (Wildman–Crippen LogP) is 10.4. The van der Waals surface area contributed by atoms with Crippen molar-refractivity contribution >= 4 is 0 Å². The molecule has 0 radical (unpaired) electrons. The largest absolute Gasteiger partial charge is 0.493 e. The summed E-state index contributed by atoms with van der Waals surface area (Å²) in [6.07, 6.45) is 22.5. The highest BCUT2D eigenvalue weighted by atomic mass is 16.5. The molecule has 0 saturated carbocycles. The van der Waals surface area contributed by atoms with E-state index in [0.717, 1.165) is 52.0 Å². The van der Waals surface area contributed by atoms with Crippen LogP contribution in [0, 0.1) is 0 Å². The first-order valence-electron chi connectivity index (χ1n) is 22.7. The highest BCUT2D eigenvalue weighted by Gasteiger charge is 2.36. The molecule has 6 heterocycles. The van der Waals surface area contributed by atoms with E-state index in [0.29, 0.717) is 58.7 Å². The Morgan fingerprint density at radius 3 is 1.09 bits per heavy atom. The van der Waals surface area contributed by atoms with Crippen molar-refractivity contribution in [2.24, 2.45) is 0 Å². The van der Waals surface area contributed by atoms with Crippen LogP contribution in [0.5, 0.6) is 34.5 Å². The first kappa shape index (κ1) is 46.2. The number of piperidine rings is 2. The lowest BCUT2D eigenvalue weighted by atomic mass is 9.89. The molecule has 0 amide bonds. The van der Waals surface area contributed by atoms with Crippen LogP contribution < -0.4 is 28.4 Å². The molecule has 0 N–H and O–H groups in total. The van der Waals surface area contributed by atoms with Gasteiger partial charge in [-0.3, -0.25) is 9.80 Å². The molecule has 6 saturated heterocycles. The van der Waals surface area contributed by atoms with Gasteiger partial charge in [-0.15, -0.1) is 0 Å². The van der Waals surface area contributed by atoms with Gasteiger partial charge in [0, 0.05) is 50.5 Å². The standard InChI is InChI=1S/C48H78N2O8/c1-35-41-25-23-39(49(35)33-37-29-43(51-3)47(55-7)44(30-37)52-4)21-17-13-9-12-16-20-28-58-42-26-24-40(22-18-14-10-11-15-19-27-57-41)50(36(42)2)34-38-31-45(53-5)48(56-8)46(32-38)54-6/h29-32,35-36,39-42H,9-28,33-34H2,1-8H3/t35-,36-,39+,40+,41-,42-/m0/s1. The molecule has 0 aliphatic carbocycles. The van der Waals surface area contributed by atoms with Crippen LogP contribution in [0.25, 0.3) is 0 Å². The lowest BCUT2D eigenvalue weighted by molar-refractivity contribution is -0.0644. The summed E-state index contributed by atoms with van der Waals surface area (Å²) in [5.74, 6) is 4.14. The zero-order valence-corrected chi connectivity index (χ0v) is 37.5. The van der Waals surface area contributed by atoms with Crippen LogP contribution in [0.1, 0.15) is 141 Å². The lowest BCUT2D eigenvalue weighted by Gasteiger charge is -2.45. The summed E-state index contributed by atoms with van der Waals surface area (Å²) >= 11 is 0. The molecule has 6 aliphatic heterocycles. The molecule has 10 nitrogen and oxygen atoms in total. The Hall–Kier alpha value is -2.92. The van der Waals surface area contributed by atoms with E-state index >= 15 is 0 Å². The molecule has 4 bridgehead atoms. The third kappa shape index (κ3) is 12.6. The molecule has 2 aromatic rings. The van der Waals surface area contributed by atoms with Gasteiger partial charge in [-0.25, -0.2) is 0 Å². The minimum absolute atomic E-state index is 0.250. The highest BCUT2D eigenvalue weighted by molar-refractivity contribution is 5.54. The van der Waals surface area contributed by atoms with Gasteiger partial charge in [0.15, 0.2) is 23.0 Å². The number of ether oxygens (including phenoxy) is 8. The lowest BCUT2D eigenvalue weighted by Crippen LogP contribution is -2.52. The van der Waals surface area contributed by atoms with Crippen LogP contribution in [-0.4, -0.2) is 102 Å². The highest BCUT2D eigenvalue weighted by Crippen LogP contribution is 2.41. The van der Waals surface area contributed by atoms with Crippen molar-refractivity contribution in [1.29, 1.82) is 0 Å². The van der Waals surface area contributed by atoms with Crippen LogP contribution in [0.3, 0.4) is 0 Å². The summed E-state index contributed by atoms with van der Waals surface area (Å²) in [5.41, 5.74) is 2.37. The van der Waals surface area contributed by atoms with E-state index in [4.69, 9.17) is 37.9 Å². The Bertz CT molecular complexity index is 1330. The molecule has 2 aromatic carbocycles. The van der Waals surface area contributed by atoms with E-state index in [9.17, 15) is 0 Å². The van der Waals surface area contributed by atoms with E-state index in [1.807, 2.05) is 0 Å². The third-order valence-corrected chi connectivity index (χ3v) is 13.3. The van der Waals surface area contributed by atoms with Crippen molar-refractivity contribution in [3.05, 3.63) is 35.4 Å². The van der Waals surface area contributed by atoms with Crippen molar-refractivity contribution in [3.8, 4) is 34.5 Å². The Morgan fingerprint density at radius 1 is 0.431 bits per heavy atom. The number of hydrogen-bond donors (Lipinski definition) is 0. The van der Waals surface area contributed by atoms with Crippen molar-refractivity contribution in [2.75, 3.05) is 55.9 Å². The van der Waals surface area contributed by atoms with Crippen molar-refractivity contribution < 1.29 is 37.9 Å². The summed E-state index contributed by atoms with van der Waals surface area (Å²) in [6, 6.07) is 10.2. The van der Waals surface area contributed by atoms with Crippen LogP contribution in [0.15, 0.2) is 24.3 Å². The molecule has 6 aliphatic rings. The van der Waals surface area contributed by atoms with Crippen molar-refractivity contribution in [2.45, 2.75) is 179 Å². The second kappa shape index (κ2) is 24.4. The van der Waals surface area contributed by atoms with Crippen LogP contribution >= 0.6 is 0 Å². The third-order valence-electron chi connectivity index (χ3n) is 13.3. The van der Waals surface area contributed by atoms with Crippen LogP contribution in [-0.2, 0) is 22.6 Å². The zero-order valence-electron chi connectivity index (χ0n) is 37.5. The molecular weight excluding hydrogens is 733 g/mol. The Balaban J connectivity index is 1.20. The first-order valence-corrected chi connectivity index (χ1v) is 22.7. The Kier molecular flexibility index (Phi) is 19.4. The fraction of sp³-hybridized carbons (Fsp3) is 0.750. The normalized spacial score (nSPS) is 26.8. The Labute approximate surface area is 351 Å². The maximum Gasteiger partial charge on any atom is 0.203 e. The average molecular weight is 811 g/mol. The topological polar surface area (TPSA) is 80.3 Å². The number of benzene rings is 2. The van der Waals surface area contributed by atoms with Gasteiger partial charge < -0.3 is 37.9 Å². The number of methoxy groups -OCH3 is 6. The zero-order chi connectivity index (χ0) is 41.3. The van der Waals surface area contributed by atoms with Gasteiger partial charge in [0.1, 0.15) is 0 Å². The summed E-state index contributed by atoms with van der Waals surface area (Å²) in [4.78, 5) is 5.41. The van der Waals surface area contributed by atoms with E-state index in [2.05, 4.69) is 47.9 Å². The van der Waals surface area contributed by atoms with Crippen molar-refractivity contribution in [1.82, 2.24) is 9.80 Å². The van der Waals surface area contributed by atoms with Gasteiger partial charge in [-0.1, -0.05) is 64.2 Å². The molecule has 10 heteroatoms. The number of rotatable bonds is 10. The summed E-state index contributed by atoms with van der Waals surface area (Å²) < 4.78 is 47.5. The average Bonchev–Trinajstić information content (AvgIpc) is 3.24. The quantitative estimate of drug-likeness (QED) is 0.231. The Morgan fingerprint density at radius 2 is 0.759 bits per heavy atom. The van der Waals surface area contributed by atoms with Gasteiger partial charge in [0.2, 0.25) is 11.5 Å². The van der Waals surface area contributed by atoms with Gasteiger partial charge in [-0.05, 0) is 101 Å². The second-order valence-electron chi connectivity index (χ2n) is 17.0. The molecule has 8 rings (SSSR count). The van der Waals surface area contributed by atoms with Gasteiger partial charge in [-0.2, -0.15) is 0 Å². The molecule has 58 heavy (non-hydrogen) atoms. The van der Waals surface area contributed by atoms with Gasteiger partial charge in [0.25, 0.3) is 0 Å². The van der Waals surface area contributed by atoms with E-state index in [1.54, 1.807) is 42.7 Å². The molecule has 6 fully saturated rings. The molecule has 0 spiro atoms. The van der Waals surface area contributed by atoms with Crippen LogP contribution in [0.2, 0.25) is 0 Å². The maximum atomic E-state index is 6.69. The monoisotopic (exact) mass is 811 g/mol. The fourth-order valence-electron chi connectivity index (χ4n) is 9.95. The van der Waals surface area contributed by atoms with Crippen LogP contribution in [0.4, 0.5) is 0 Å². The molecule has 0 unspecified atom stereocenters. The molecule has 6 atom stereocenters. The minimum Gasteiger partial charge on any atom is -0.493 e. The van der Waals surface area contributed by atoms with E-state index in [1.165, 1.54) is 101 Å². The SMILES string of the molecule is COc1cc(CN2[C@@H]3CCCCCCCCO[C@H]4CC[C@@H](CCCCCCCCO[C@@H](CC3)[C@@H]2C)N(Cc2cc(OC)c(OC)c(OC)c2)[C@H]4C)cc(OC)c1OC. The van der Waals surface area contributed by atoms with E-state index in [-0.39, 0.29) is 12.2 Å². The smallest absolute Gasteiger partial charge is 0.203 e. The number of hydrogen-bond acceptors (Lipinski definition) is 10. The molecule has 0 aromatic heterocycles. The van der Waals surface area contributed by atoms with Gasteiger partial charge >= 0.3 is 0 Å². The second-order valence-corrected chi connectivity index (χ2v) is 17.0. The number of nitrogens with zero attached hydrogens (tertiary/aromatic N) is 2. The fourth-order valence-corrected chi connectivity index (χ4v) is 9.95. The first-order chi connectivity index (χ1) is 28.3. The predicted molar refractivity (Wildman–Crippen MR) is 232 cm³/mol. The molecular formula is C48H78N2O8. The van der Waals surface area contributed by atoms with Crippen molar-refractivity contribution in [3.63, 3.8) is 0 Å². The maximum absolute atomic E-state index is 6.69. The minimum atomic E-state index is 0.250.